The van der Waals surface area contributed by atoms with Crippen LogP contribution in [0.15, 0.2) is 70.9 Å². The highest BCUT2D eigenvalue weighted by molar-refractivity contribution is 6.07. The van der Waals surface area contributed by atoms with Gasteiger partial charge in [-0.1, -0.05) is 36.4 Å². The van der Waals surface area contributed by atoms with E-state index in [0.29, 0.717) is 6.42 Å². The van der Waals surface area contributed by atoms with Crippen molar-refractivity contribution in [3.63, 3.8) is 0 Å². The lowest BCUT2D eigenvalue weighted by Gasteiger charge is -2.28. The summed E-state index contributed by atoms with van der Waals surface area (Å²) >= 11 is 0. The second-order valence-electron chi connectivity index (χ2n) is 5.92. The first-order valence-corrected chi connectivity index (χ1v) is 8.36. The molecule has 1 heterocycles. The van der Waals surface area contributed by atoms with E-state index < -0.39 is 11.9 Å². The maximum Gasteiger partial charge on any atom is 0.317 e. The second kappa shape index (κ2) is 7.79. The highest BCUT2D eigenvalue weighted by atomic mass is 16.5. The Balaban J connectivity index is 1.90. The zero-order valence-corrected chi connectivity index (χ0v) is 14.1. The van der Waals surface area contributed by atoms with Gasteiger partial charge in [0.15, 0.2) is 5.78 Å². The fourth-order valence-electron chi connectivity index (χ4n) is 3.12. The Morgan fingerprint density at radius 2 is 2.00 bits per heavy atom. The standard InChI is InChI=1S/C21H20O4/c1-2-24-21(23)20-18(16-7-4-3-5-8-16)13-15(14-19(20)22)10-11-17-9-6-12-25-17/h3-12,14,18,20H,2,13H2,1H3/b11-10-/t18-,20+/m1/s1. The lowest BCUT2D eigenvalue weighted by atomic mass is 9.75. The number of rotatable bonds is 5. The van der Waals surface area contributed by atoms with E-state index >= 15 is 0 Å². The molecule has 3 rings (SSSR count). The minimum atomic E-state index is -0.789. The molecule has 0 aliphatic heterocycles. The van der Waals surface area contributed by atoms with Crippen molar-refractivity contribution in [1.82, 2.24) is 0 Å². The first kappa shape index (κ1) is 17.0. The number of furan rings is 1. The minimum Gasteiger partial charge on any atom is -0.465 e. The maximum atomic E-state index is 12.6. The van der Waals surface area contributed by atoms with Gasteiger partial charge in [-0.25, -0.2) is 0 Å². The molecule has 0 saturated heterocycles. The second-order valence-corrected chi connectivity index (χ2v) is 5.92. The zero-order chi connectivity index (χ0) is 17.6. The number of carbonyl (C=O) groups is 2. The van der Waals surface area contributed by atoms with Gasteiger partial charge in [-0.05, 0) is 48.8 Å². The van der Waals surface area contributed by atoms with Crippen molar-refractivity contribution in [3.8, 4) is 0 Å². The molecule has 0 spiro atoms. The van der Waals surface area contributed by atoms with E-state index in [1.807, 2.05) is 54.6 Å². The molecule has 0 saturated carbocycles. The number of hydrogen-bond acceptors (Lipinski definition) is 4. The van der Waals surface area contributed by atoms with E-state index in [1.54, 1.807) is 19.3 Å². The van der Waals surface area contributed by atoms with Gasteiger partial charge in [0.25, 0.3) is 0 Å². The van der Waals surface area contributed by atoms with Crippen LogP contribution in [0.1, 0.15) is 30.6 Å². The molecule has 1 aromatic heterocycles. The Bertz CT molecular complexity index is 785. The first-order chi connectivity index (χ1) is 12.2. The zero-order valence-electron chi connectivity index (χ0n) is 14.1. The smallest absolute Gasteiger partial charge is 0.317 e. The molecule has 0 N–H and O–H groups in total. The molecule has 1 aliphatic rings. The largest absolute Gasteiger partial charge is 0.465 e. The normalized spacial score (nSPS) is 20.5. The van der Waals surface area contributed by atoms with E-state index in [-0.39, 0.29) is 18.3 Å². The van der Waals surface area contributed by atoms with E-state index in [9.17, 15) is 9.59 Å². The molecule has 0 bridgehead atoms. The first-order valence-electron chi connectivity index (χ1n) is 8.36. The highest BCUT2D eigenvalue weighted by Gasteiger charge is 2.38. The SMILES string of the molecule is CCOC(=O)[C@@H]1C(=O)C=C(/C=C\c2ccco2)C[C@@H]1c1ccccc1. The lowest BCUT2D eigenvalue weighted by Crippen LogP contribution is -2.34. The third-order valence-corrected chi connectivity index (χ3v) is 4.27. The van der Waals surface area contributed by atoms with E-state index in [2.05, 4.69) is 0 Å². The van der Waals surface area contributed by atoms with Crippen molar-refractivity contribution >= 4 is 17.8 Å². The molecule has 128 valence electrons. The Labute approximate surface area is 146 Å². The molecule has 1 aliphatic carbocycles. The van der Waals surface area contributed by atoms with Gasteiger partial charge in [-0.2, -0.15) is 0 Å². The molecule has 2 atom stereocenters. The van der Waals surface area contributed by atoms with Gasteiger partial charge in [0.2, 0.25) is 0 Å². The molecule has 4 nitrogen and oxygen atoms in total. The number of ketones is 1. The summed E-state index contributed by atoms with van der Waals surface area (Å²) in [5.74, 6) is -0.960. The number of carbonyl (C=O) groups excluding carboxylic acids is 2. The summed E-state index contributed by atoms with van der Waals surface area (Å²) in [4.78, 5) is 25.0. The summed E-state index contributed by atoms with van der Waals surface area (Å²) in [6.45, 7) is 2.01. The number of allylic oxidation sites excluding steroid dienone is 3. The van der Waals surface area contributed by atoms with Gasteiger partial charge in [0.05, 0.1) is 12.9 Å². The van der Waals surface area contributed by atoms with Crippen LogP contribution in [0.5, 0.6) is 0 Å². The summed E-state index contributed by atoms with van der Waals surface area (Å²) < 4.78 is 10.4. The molecule has 2 aromatic rings. The van der Waals surface area contributed by atoms with Crippen molar-refractivity contribution in [3.05, 3.63) is 77.8 Å². The molecule has 4 heteroatoms. The van der Waals surface area contributed by atoms with Gasteiger partial charge < -0.3 is 9.15 Å². The minimum absolute atomic E-state index is 0.211. The van der Waals surface area contributed by atoms with Gasteiger partial charge >= 0.3 is 5.97 Å². The van der Waals surface area contributed by atoms with E-state index in [1.165, 1.54) is 0 Å². The molecule has 0 radical (unpaired) electrons. The molecule has 0 unspecified atom stereocenters. The van der Waals surface area contributed by atoms with Gasteiger partial charge in [-0.15, -0.1) is 0 Å². The van der Waals surface area contributed by atoms with Gasteiger partial charge in [0, 0.05) is 5.92 Å². The predicted octanol–water partition coefficient (Wildman–Crippen LogP) is 4.16. The van der Waals surface area contributed by atoms with Crippen molar-refractivity contribution in [2.75, 3.05) is 6.61 Å². The Morgan fingerprint density at radius 3 is 2.68 bits per heavy atom. The Morgan fingerprint density at radius 1 is 1.20 bits per heavy atom. The lowest BCUT2D eigenvalue weighted by molar-refractivity contribution is -0.151. The van der Waals surface area contributed by atoms with Crippen LogP contribution in [0.4, 0.5) is 0 Å². The fourth-order valence-corrected chi connectivity index (χ4v) is 3.12. The average molecular weight is 336 g/mol. The summed E-state index contributed by atoms with van der Waals surface area (Å²) in [7, 11) is 0. The molecular formula is C21H20O4. The third kappa shape index (κ3) is 3.97. The molecule has 25 heavy (non-hydrogen) atoms. The van der Waals surface area contributed by atoms with Crippen LogP contribution in [0.2, 0.25) is 0 Å². The van der Waals surface area contributed by atoms with Crippen molar-refractivity contribution in [1.29, 1.82) is 0 Å². The molecule has 1 aromatic carbocycles. The van der Waals surface area contributed by atoms with Crippen LogP contribution in [-0.2, 0) is 14.3 Å². The summed E-state index contributed by atoms with van der Waals surface area (Å²) in [6.07, 6.45) is 7.43. The molecule has 0 fully saturated rings. The van der Waals surface area contributed by atoms with E-state index in [0.717, 1.165) is 16.9 Å². The van der Waals surface area contributed by atoms with Crippen molar-refractivity contribution in [2.24, 2.45) is 5.92 Å². The fraction of sp³-hybridized carbons (Fsp3) is 0.238. The Kier molecular flexibility index (Phi) is 5.29. The topological polar surface area (TPSA) is 56.5 Å². The van der Waals surface area contributed by atoms with Crippen LogP contribution in [-0.4, -0.2) is 18.4 Å². The van der Waals surface area contributed by atoms with E-state index in [4.69, 9.17) is 9.15 Å². The summed E-state index contributed by atoms with van der Waals surface area (Å²) in [5, 5.41) is 0. The maximum absolute atomic E-state index is 12.6. The predicted molar refractivity (Wildman–Crippen MR) is 94.8 cm³/mol. The monoisotopic (exact) mass is 336 g/mol. The average Bonchev–Trinajstić information content (AvgIpc) is 3.14. The third-order valence-electron chi connectivity index (χ3n) is 4.27. The number of hydrogen-bond donors (Lipinski definition) is 0. The number of ether oxygens (including phenoxy) is 1. The van der Waals surface area contributed by atoms with Crippen molar-refractivity contribution in [2.45, 2.75) is 19.3 Å². The van der Waals surface area contributed by atoms with Crippen molar-refractivity contribution < 1.29 is 18.7 Å². The molecule has 0 amide bonds. The summed E-state index contributed by atoms with van der Waals surface area (Å²) in [5.41, 5.74) is 1.83. The molecular weight excluding hydrogens is 316 g/mol. The Hall–Kier alpha value is -2.88. The van der Waals surface area contributed by atoms with Crippen LogP contribution < -0.4 is 0 Å². The summed E-state index contributed by atoms with van der Waals surface area (Å²) in [6, 6.07) is 13.3. The number of benzene rings is 1. The highest BCUT2D eigenvalue weighted by Crippen LogP contribution is 2.37. The quantitative estimate of drug-likeness (QED) is 0.608. The van der Waals surface area contributed by atoms with Crippen LogP contribution >= 0.6 is 0 Å². The van der Waals surface area contributed by atoms with Crippen LogP contribution in [0, 0.1) is 5.92 Å². The van der Waals surface area contributed by atoms with Gasteiger partial charge in [-0.3, -0.25) is 9.59 Å². The van der Waals surface area contributed by atoms with Crippen LogP contribution in [0.3, 0.4) is 0 Å². The van der Waals surface area contributed by atoms with Gasteiger partial charge in [0.1, 0.15) is 11.7 Å². The number of esters is 1. The van der Waals surface area contributed by atoms with Crippen LogP contribution in [0.25, 0.3) is 6.08 Å².